The molecular weight excluding hydrogens is 264 g/mol. The van der Waals surface area contributed by atoms with Gasteiger partial charge in [-0.25, -0.2) is 4.98 Å². The molecule has 21 heavy (non-hydrogen) atoms. The maximum absolute atomic E-state index is 12.2. The third-order valence-corrected chi connectivity index (χ3v) is 3.36. The van der Waals surface area contributed by atoms with Gasteiger partial charge in [0.25, 0.3) is 5.56 Å². The number of aromatic nitrogens is 2. The number of para-hydroxylation sites is 1. The number of nitrogen functional groups attached to an aromatic ring is 1. The summed E-state index contributed by atoms with van der Waals surface area (Å²) in [4.78, 5) is 21.6. The van der Waals surface area contributed by atoms with E-state index in [1.54, 1.807) is 18.2 Å². The molecule has 5 heteroatoms. The van der Waals surface area contributed by atoms with Crippen molar-refractivity contribution in [1.29, 1.82) is 0 Å². The van der Waals surface area contributed by atoms with Crippen LogP contribution in [0, 0.1) is 0 Å². The van der Waals surface area contributed by atoms with Gasteiger partial charge in [0.1, 0.15) is 0 Å². The normalized spacial score (nSPS) is 10.7. The first-order chi connectivity index (χ1) is 10.2. The fraction of sp³-hybridized carbons (Fsp3) is 0.125. The molecule has 106 valence electrons. The standard InChI is InChI=1S/C16H16N4O/c1-2-20(12-6-4-3-5-7-12)16-18-14-9-8-11(17)10-13(14)15(21)19-16/h3-10H,2,17H2,1H3,(H,18,19,21). The molecule has 0 radical (unpaired) electrons. The van der Waals surface area contributed by atoms with Gasteiger partial charge in [0.2, 0.25) is 5.95 Å². The van der Waals surface area contributed by atoms with E-state index in [1.165, 1.54) is 0 Å². The second-order valence-corrected chi connectivity index (χ2v) is 4.75. The monoisotopic (exact) mass is 280 g/mol. The lowest BCUT2D eigenvalue weighted by atomic mass is 10.2. The summed E-state index contributed by atoms with van der Waals surface area (Å²) in [5, 5.41) is 0.503. The summed E-state index contributed by atoms with van der Waals surface area (Å²) in [5.41, 5.74) is 7.71. The van der Waals surface area contributed by atoms with Gasteiger partial charge >= 0.3 is 0 Å². The van der Waals surface area contributed by atoms with Crippen LogP contribution in [-0.2, 0) is 0 Å². The number of hydrogen-bond donors (Lipinski definition) is 2. The molecule has 3 rings (SSSR count). The van der Waals surface area contributed by atoms with E-state index in [1.807, 2.05) is 42.2 Å². The first-order valence-electron chi connectivity index (χ1n) is 6.81. The van der Waals surface area contributed by atoms with Crippen LogP contribution >= 0.6 is 0 Å². The van der Waals surface area contributed by atoms with E-state index >= 15 is 0 Å². The predicted molar refractivity (Wildman–Crippen MR) is 85.9 cm³/mol. The summed E-state index contributed by atoms with van der Waals surface area (Å²) in [6.07, 6.45) is 0. The van der Waals surface area contributed by atoms with Crippen LogP contribution in [0.15, 0.2) is 53.3 Å². The van der Waals surface area contributed by atoms with Crippen LogP contribution in [0.25, 0.3) is 10.9 Å². The topological polar surface area (TPSA) is 75.0 Å². The Kier molecular flexibility index (Phi) is 3.31. The van der Waals surface area contributed by atoms with Crippen molar-refractivity contribution in [2.24, 2.45) is 0 Å². The first-order valence-corrected chi connectivity index (χ1v) is 6.81. The second-order valence-electron chi connectivity index (χ2n) is 4.75. The van der Waals surface area contributed by atoms with Crippen LogP contribution < -0.4 is 16.2 Å². The molecule has 0 saturated heterocycles. The highest BCUT2D eigenvalue weighted by Gasteiger charge is 2.11. The first kappa shape index (κ1) is 13.2. The van der Waals surface area contributed by atoms with Gasteiger partial charge < -0.3 is 10.6 Å². The minimum atomic E-state index is -0.184. The van der Waals surface area contributed by atoms with Crippen molar-refractivity contribution in [3.63, 3.8) is 0 Å². The van der Waals surface area contributed by atoms with Gasteiger partial charge in [-0.3, -0.25) is 9.78 Å². The number of nitrogens with two attached hydrogens (primary N) is 1. The van der Waals surface area contributed by atoms with Crippen molar-refractivity contribution >= 4 is 28.2 Å². The highest BCUT2D eigenvalue weighted by molar-refractivity contribution is 5.82. The van der Waals surface area contributed by atoms with Crippen molar-refractivity contribution in [2.75, 3.05) is 17.2 Å². The lowest BCUT2D eigenvalue weighted by Crippen LogP contribution is -2.22. The number of nitrogens with one attached hydrogen (secondary N) is 1. The molecule has 0 amide bonds. The van der Waals surface area contributed by atoms with Crippen molar-refractivity contribution < 1.29 is 0 Å². The molecule has 1 heterocycles. The molecule has 5 nitrogen and oxygen atoms in total. The smallest absolute Gasteiger partial charge is 0.260 e. The van der Waals surface area contributed by atoms with Crippen LogP contribution in [0.2, 0.25) is 0 Å². The van der Waals surface area contributed by atoms with Gasteiger partial charge in [0.05, 0.1) is 10.9 Å². The zero-order chi connectivity index (χ0) is 14.8. The number of rotatable bonds is 3. The molecule has 3 aromatic rings. The fourth-order valence-electron chi connectivity index (χ4n) is 2.33. The average Bonchev–Trinajstić information content (AvgIpc) is 2.50. The average molecular weight is 280 g/mol. The molecule has 0 aliphatic heterocycles. The van der Waals surface area contributed by atoms with Gasteiger partial charge in [0, 0.05) is 17.9 Å². The van der Waals surface area contributed by atoms with Crippen LogP contribution in [0.4, 0.5) is 17.3 Å². The summed E-state index contributed by atoms with van der Waals surface area (Å²) >= 11 is 0. The molecule has 0 saturated carbocycles. The number of hydrogen-bond acceptors (Lipinski definition) is 4. The summed E-state index contributed by atoms with van der Waals surface area (Å²) in [6, 6.07) is 15.0. The molecule has 0 aliphatic rings. The molecule has 0 bridgehead atoms. The van der Waals surface area contributed by atoms with Crippen molar-refractivity contribution in [3.05, 3.63) is 58.9 Å². The summed E-state index contributed by atoms with van der Waals surface area (Å²) in [6.45, 7) is 2.72. The lowest BCUT2D eigenvalue weighted by molar-refractivity contribution is 0.949. The third-order valence-electron chi connectivity index (χ3n) is 3.36. The molecule has 2 aromatic carbocycles. The van der Waals surface area contributed by atoms with E-state index in [2.05, 4.69) is 9.97 Å². The molecule has 0 aliphatic carbocycles. The van der Waals surface area contributed by atoms with E-state index in [0.717, 1.165) is 5.69 Å². The highest BCUT2D eigenvalue weighted by atomic mass is 16.1. The van der Waals surface area contributed by atoms with Crippen LogP contribution in [0.5, 0.6) is 0 Å². The molecule has 1 aromatic heterocycles. The Morgan fingerprint density at radius 1 is 1.19 bits per heavy atom. The third kappa shape index (κ3) is 2.45. The Balaban J connectivity index is 2.16. The molecule has 3 N–H and O–H groups in total. The summed E-state index contributed by atoms with van der Waals surface area (Å²) < 4.78 is 0. The Hall–Kier alpha value is -2.82. The summed E-state index contributed by atoms with van der Waals surface area (Å²) in [5.74, 6) is 0.533. The fourth-order valence-corrected chi connectivity index (χ4v) is 2.33. The number of H-pyrrole nitrogens is 1. The Morgan fingerprint density at radius 2 is 1.95 bits per heavy atom. The number of aromatic amines is 1. The van der Waals surface area contributed by atoms with E-state index in [0.29, 0.717) is 29.1 Å². The van der Waals surface area contributed by atoms with E-state index < -0.39 is 0 Å². The van der Waals surface area contributed by atoms with Crippen molar-refractivity contribution in [3.8, 4) is 0 Å². The Labute approximate surface area is 122 Å². The molecule has 0 fully saturated rings. The van der Waals surface area contributed by atoms with Crippen LogP contribution in [0.3, 0.4) is 0 Å². The van der Waals surface area contributed by atoms with Gasteiger partial charge in [-0.15, -0.1) is 0 Å². The van der Waals surface area contributed by atoms with Gasteiger partial charge in [-0.2, -0.15) is 0 Å². The maximum atomic E-state index is 12.2. The minimum Gasteiger partial charge on any atom is -0.399 e. The van der Waals surface area contributed by atoms with E-state index in [4.69, 9.17) is 5.73 Å². The second kappa shape index (κ2) is 5.28. The van der Waals surface area contributed by atoms with Crippen molar-refractivity contribution in [2.45, 2.75) is 6.92 Å². The van der Waals surface area contributed by atoms with Gasteiger partial charge in [-0.05, 0) is 37.3 Å². The number of fused-ring (bicyclic) bond motifs is 1. The van der Waals surface area contributed by atoms with Crippen molar-refractivity contribution in [1.82, 2.24) is 9.97 Å². The Bertz CT molecular complexity index is 827. The maximum Gasteiger partial charge on any atom is 0.260 e. The van der Waals surface area contributed by atoms with Gasteiger partial charge in [-0.1, -0.05) is 18.2 Å². The Morgan fingerprint density at radius 3 is 2.67 bits per heavy atom. The minimum absolute atomic E-state index is 0.184. The molecule has 0 spiro atoms. The highest BCUT2D eigenvalue weighted by Crippen LogP contribution is 2.22. The van der Waals surface area contributed by atoms with E-state index in [-0.39, 0.29) is 5.56 Å². The predicted octanol–water partition coefficient (Wildman–Crippen LogP) is 2.66. The number of nitrogens with zero attached hydrogens (tertiary/aromatic N) is 2. The molecule has 0 unspecified atom stereocenters. The van der Waals surface area contributed by atoms with Crippen LogP contribution in [-0.4, -0.2) is 16.5 Å². The molecular formula is C16H16N4O. The quantitative estimate of drug-likeness (QED) is 0.723. The number of benzene rings is 2. The van der Waals surface area contributed by atoms with Crippen LogP contribution in [0.1, 0.15) is 6.92 Å². The van der Waals surface area contributed by atoms with Gasteiger partial charge in [0.15, 0.2) is 0 Å². The number of anilines is 3. The lowest BCUT2D eigenvalue weighted by Gasteiger charge is -2.21. The summed E-state index contributed by atoms with van der Waals surface area (Å²) in [7, 11) is 0. The van der Waals surface area contributed by atoms with E-state index in [9.17, 15) is 4.79 Å². The zero-order valence-corrected chi connectivity index (χ0v) is 11.7. The SMILES string of the molecule is CCN(c1ccccc1)c1nc2ccc(N)cc2c(=O)[nH]1. The largest absolute Gasteiger partial charge is 0.399 e. The zero-order valence-electron chi connectivity index (χ0n) is 11.7. The molecule has 0 atom stereocenters.